The molecule has 2 nitrogen and oxygen atoms in total. The number of unbranched alkanes of at least 4 members (excludes halogenated alkanes) is 1. The van der Waals surface area contributed by atoms with Crippen LogP contribution in [0.5, 0.6) is 0 Å². The fourth-order valence-electron chi connectivity index (χ4n) is 2.35. The van der Waals surface area contributed by atoms with Crippen molar-refractivity contribution in [1.82, 2.24) is 4.90 Å². The summed E-state index contributed by atoms with van der Waals surface area (Å²) in [5.74, 6) is 1.95. The summed E-state index contributed by atoms with van der Waals surface area (Å²) in [4.78, 5) is 2.62. The molecule has 2 N–H and O–H groups in total. The summed E-state index contributed by atoms with van der Waals surface area (Å²) in [5, 5.41) is 0. The minimum absolute atomic E-state index is 0.419. The van der Waals surface area contributed by atoms with Crippen molar-refractivity contribution >= 4 is 11.8 Å². The van der Waals surface area contributed by atoms with Crippen LogP contribution in [0.15, 0.2) is 0 Å². The first-order chi connectivity index (χ1) is 7.16. The molecule has 0 aliphatic carbocycles. The van der Waals surface area contributed by atoms with Crippen LogP contribution in [0, 0.1) is 5.92 Å². The van der Waals surface area contributed by atoms with Gasteiger partial charge in [-0.15, -0.1) is 0 Å². The van der Waals surface area contributed by atoms with E-state index in [0.29, 0.717) is 18.0 Å². The van der Waals surface area contributed by atoms with Gasteiger partial charge in [0.15, 0.2) is 0 Å². The van der Waals surface area contributed by atoms with Gasteiger partial charge in [0.05, 0.1) is 0 Å². The number of rotatable bonds is 5. The molecule has 0 bridgehead atoms. The SMILES string of the molecule is CSCCCCN1CCC(N)C(C)C1C. The Morgan fingerprint density at radius 1 is 1.33 bits per heavy atom. The maximum absolute atomic E-state index is 6.08. The molecule has 0 aromatic heterocycles. The highest BCUT2D eigenvalue weighted by Gasteiger charge is 2.29. The molecule has 0 aromatic rings. The molecule has 1 heterocycles. The lowest BCUT2D eigenvalue weighted by molar-refractivity contribution is 0.0967. The van der Waals surface area contributed by atoms with E-state index < -0.39 is 0 Å². The van der Waals surface area contributed by atoms with E-state index in [0.717, 1.165) is 0 Å². The van der Waals surface area contributed by atoms with E-state index >= 15 is 0 Å². The van der Waals surface area contributed by atoms with Gasteiger partial charge in [-0.2, -0.15) is 11.8 Å². The van der Waals surface area contributed by atoms with Gasteiger partial charge in [-0.3, -0.25) is 0 Å². The van der Waals surface area contributed by atoms with E-state index in [4.69, 9.17) is 5.73 Å². The predicted octanol–water partition coefficient (Wildman–Crippen LogP) is 2.19. The zero-order chi connectivity index (χ0) is 11.3. The van der Waals surface area contributed by atoms with Gasteiger partial charge < -0.3 is 10.6 Å². The van der Waals surface area contributed by atoms with Gasteiger partial charge in [0.2, 0.25) is 0 Å². The summed E-state index contributed by atoms with van der Waals surface area (Å²) in [6.45, 7) is 7.09. The summed E-state index contributed by atoms with van der Waals surface area (Å²) >= 11 is 1.95. The highest BCUT2D eigenvalue weighted by molar-refractivity contribution is 7.98. The van der Waals surface area contributed by atoms with Crippen molar-refractivity contribution in [2.24, 2.45) is 11.7 Å². The van der Waals surface area contributed by atoms with Crippen molar-refractivity contribution in [2.75, 3.05) is 25.1 Å². The van der Waals surface area contributed by atoms with Gasteiger partial charge >= 0.3 is 0 Å². The minimum Gasteiger partial charge on any atom is -0.327 e. The molecule has 15 heavy (non-hydrogen) atoms. The molecule has 3 unspecified atom stereocenters. The highest BCUT2D eigenvalue weighted by Crippen LogP contribution is 2.22. The van der Waals surface area contributed by atoms with E-state index in [1.165, 1.54) is 38.1 Å². The van der Waals surface area contributed by atoms with Crippen LogP contribution in [0.4, 0.5) is 0 Å². The molecule has 0 radical (unpaired) electrons. The molecule has 1 fully saturated rings. The van der Waals surface area contributed by atoms with Crippen molar-refractivity contribution in [3.63, 3.8) is 0 Å². The molecule has 3 atom stereocenters. The van der Waals surface area contributed by atoms with Crippen LogP contribution in [0.1, 0.15) is 33.1 Å². The molecule has 0 aromatic carbocycles. The minimum atomic E-state index is 0.419. The molecule has 0 spiro atoms. The van der Waals surface area contributed by atoms with Gasteiger partial charge in [0.25, 0.3) is 0 Å². The van der Waals surface area contributed by atoms with Crippen LogP contribution in [-0.4, -0.2) is 42.1 Å². The quantitative estimate of drug-likeness (QED) is 0.734. The lowest BCUT2D eigenvalue weighted by Crippen LogP contribution is -2.51. The predicted molar refractivity (Wildman–Crippen MR) is 70.4 cm³/mol. The second-order valence-corrected chi connectivity index (χ2v) is 5.77. The number of thioether (sulfide) groups is 1. The molecule has 0 saturated carbocycles. The van der Waals surface area contributed by atoms with Crippen LogP contribution in [-0.2, 0) is 0 Å². The smallest absolute Gasteiger partial charge is 0.0107 e. The fourth-order valence-corrected chi connectivity index (χ4v) is 2.84. The normalized spacial score (nSPS) is 33.2. The van der Waals surface area contributed by atoms with Gasteiger partial charge in [0, 0.05) is 12.1 Å². The van der Waals surface area contributed by atoms with Crippen molar-refractivity contribution in [1.29, 1.82) is 0 Å². The molecule has 0 amide bonds. The molecule has 3 heteroatoms. The second kappa shape index (κ2) is 6.77. The van der Waals surface area contributed by atoms with E-state index in [1.54, 1.807) is 0 Å². The first-order valence-electron chi connectivity index (χ1n) is 6.15. The van der Waals surface area contributed by atoms with E-state index in [1.807, 2.05) is 11.8 Å². The highest BCUT2D eigenvalue weighted by atomic mass is 32.2. The van der Waals surface area contributed by atoms with Crippen LogP contribution in [0.2, 0.25) is 0 Å². The van der Waals surface area contributed by atoms with Gasteiger partial charge in [-0.25, -0.2) is 0 Å². The average Bonchev–Trinajstić information content (AvgIpc) is 2.24. The van der Waals surface area contributed by atoms with Gasteiger partial charge in [-0.05, 0) is 57.2 Å². The number of nitrogens with two attached hydrogens (primary N) is 1. The second-order valence-electron chi connectivity index (χ2n) is 4.79. The van der Waals surface area contributed by atoms with Crippen molar-refractivity contribution in [2.45, 2.75) is 45.2 Å². The molecular weight excluding hydrogens is 204 g/mol. The Morgan fingerprint density at radius 2 is 2.07 bits per heavy atom. The Kier molecular flexibility index (Phi) is 6.02. The van der Waals surface area contributed by atoms with Crippen molar-refractivity contribution in [3.05, 3.63) is 0 Å². The number of hydrogen-bond acceptors (Lipinski definition) is 3. The molecule has 90 valence electrons. The zero-order valence-electron chi connectivity index (χ0n) is 10.4. The number of nitrogens with zero attached hydrogens (tertiary/aromatic N) is 1. The van der Waals surface area contributed by atoms with Crippen LogP contribution >= 0.6 is 11.8 Å². The largest absolute Gasteiger partial charge is 0.327 e. The molecule has 1 aliphatic rings. The Labute approximate surface area is 99.0 Å². The lowest BCUT2D eigenvalue weighted by atomic mass is 9.87. The number of likely N-dealkylation sites (tertiary alicyclic amines) is 1. The monoisotopic (exact) mass is 230 g/mol. The molecular formula is C12H26N2S. The van der Waals surface area contributed by atoms with E-state index in [9.17, 15) is 0 Å². The Hall–Kier alpha value is 0.270. The van der Waals surface area contributed by atoms with Crippen molar-refractivity contribution in [3.8, 4) is 0 Å². The Bertz CT molecular complexity index is 175. The first-order valence-corrected chi connectivity index (χ1v) is 7.54. The summed E-state index contributed by atoms with van der Waals surface area (Å²) < 4.78 is 0. The summed E-state index contributed by atoms with van der Waals surface area (Å²) in [5.41, 5.74) is 6.08. The van der Waals surface area contributed by atoms with Crippen LogP contribution < -0.4 is 5.73 Å². The fraction of sp³-hybridized carbons (Fsp3) is 1.00. The molecule has 1 rings (SSSR count). The van der Waals surface area contributed by atoms with E-state index in [2.05, 4.69) is 25.0 Å². The third-order valence-electron chi connectivity index (χ3n) is 3.81. The standard InChI is InChI=1S/C12H26N2S/c1-10-11(2)14(8-6-12(10)13)7-4-5-9-15-3/h10-12H,4-9,13H2,1-3H3. The number of piperidine rings is 1. The van der Waals surface area contributed by atoms with Crippen molar-refractivity contribution < 1.29 is 0 Å². The zero-order valence-corrected chi connectivity index (χ0v) is 11.2. The van der Waals surface area contributed by atoms with Gasteiger partial charge in [-0.1, -0.05) is 6.92 Å². The Morgan fingerprint density at radius 3 is 2.73 bits per heavy atom. The molecule has 1 aliphatic heterocycles. The lowest BCUT2D eigenvalue weighted by Gasteiger charge is -2.41. The number of hydrogen-bond donors (Lipinski definition) is 1. The average molecular weight is 230 g/mol. The maximum Gasteiger partial charge on any atom is 0.0107 e. The van der Waals surface area contributed by atoms with E-state index in [-0.39, 0.29) is 0 Å². The third kappa shape index (κ3) is 3.97. The van der Waals surface area contributed by atoms with Crippen LogP contribution in [0.3, 0.4) is 0 Å². The summed E-state index contributed by atoms with van der Waals surface area (Å²) in [6, 6.07) is 1.09. The third-order valence-corrected chi connectivity index (χ3v) is 4.50. The summed E-state index contributed by atoms with van der Waals surface area (Å²) in [6.07, 6.45) is 6.05. The van der Waals surface area contributed by atoms with Gasteiger partial charge in [0.1, 0.15) is 0 Å². The van der Waals surface area contributed by atoms with Crippen LogP contribution in [0.25, 0.3) is 0 Å². The maximum atomic E-state index is 6.08. The first kappa shape index (κ1) is 13.3. The topological polar surface area (TPSA) is 29.3 Å². The Balaban J connectivity index is 2.23. The molecule has 1 saturated heterocycles. The summed E-state index contributed by atoms with van der Waals surface area (Å²) in [7, 11) is 0.